The molecule has 1 aromatic carbocycles. The highest BCUT2D eigenvalue weighted by Gasteiger charge is 2.09. The molecule has 0 saturated heterocycles. The molecule has 0 unspecified atom stereocenters. The Morgan fingerprint density at radius 3 is 2.78 bits per heavy atom. The molecule has 0 fully saturated rings. The average molecular weight is 243 g/mol. The Morgan fingerprint density at radius 2 is 2.11 bits per heavy atom. The first kappa shape index (κ1) is 12.6. The summed E-state index contributed by atoms with van der Waals surface area (Å²) in [6, 6.07) is 5.84. The Balaban J connectivity index is 2.56. The lowest BCUT2D eigenvalue weighted by molar-refractivity contribution is 0.101. The lowest BCUT2D eigenvalue weighted by Gasteiger charge is -2.04. The minimum absolute atomic E-state index is 0.172. The summed E-state index contributed by atoms with van der Waals surface area (Å²) in [6.45, 7) is 3.55. The van der Waals surface area contributed by atoms with Gasteiger partial charge in [-0.1, -0.05) is 19.4 Å². The molecular formula is C15H17NO2. The fourth-order valence-corrected chi connectivity index (χ4v) is 2.06. The van der Waals surface area contributed by atoms with Crippen LogP contribution in [0.4, 0.5) is 0 Å². The minimum atomic E-state index is -0.197. The van der Waals surface area contributed by atoms with Crippen molar-refractivity contribution >= 4 is 16.7 Å². The van der Waals surface area contributed by atoms with Crippen molar-refractivity contribution in [2.75, 3.05) is 0 Å². The molecule has 18 heavy (non-hydrogen) atoms. The van der Waals surface area contributed by atoms with Crippen molar-refractivity contribution in [1.82, 2.24) is 4.98 Å². The van der Waals surface area contributed by atoms with Gasteiger partial charge in [-0.3, -0.25) is 9.59 Å². The number of H-pyrrole nitrogens is 1. The minimum Gasteiger partial charge on any atom is -0.360 e. The molecule has 0 aliphatic heterocycles. The quantitative estimate of drug-likeness (QED) is 0.839. The van der Waals surface area contributed by atoms with Gasteiger partial charge in [0.1, 0.15) is 0 Å². The summed E-state index contributed by atoms with van der Waals surface area (Å²) in [6.07, 6.45) is 4.70. The molecule has 0 radical (unpaired) electrons. The van der Waals surface area contributed by atoms with Crippen molar-refractivity contribution in [3.8, 4) is 0 Å². The lowest BCUT2D eigenvalue weighted by Crippen LogP contribution is -2.13. The van der Waals surface area contributed by atoms with Crippen LogP contribution in [0.3, 0.4) is 0 Å². The molecule has 0 spiro atoms. The largest absolute Gasteiger partial charge is 0.360 e. The number of aromatic nitrogens is 1. The maximum atomic E-state index is 12.2. The first-order chi connectivity index (χ1) is 8.63. The summed E-state index contributed by atoms with van der Waals surface area (Å²) in [7, 11) is 0. The Kier molecular flexibility index (Phi) is 3.60. The number of unbranched alkanes of at least 4 members (excludes halogenated alkanes) is 1. The van der Waals surface area contributed by atoms with Crippen LogP contribution >= 0.6 is 0 Å². The van der Waals surface area contributed by atoms with E-state index in [1.165, 1.54) is 13.1 Å². The Hall–Kier alpha value is -1.90. The van der Waals surface area contributed by atoms with Crippen LogP contribution in [-0.4, -0.2) is 10.8 Å². The van der Waals surface area contributed by atoms with Crippen LogP contribution in [0.1, 0.15) is 42.6 Å². The average Bonchev–Trinajstić information content (AvgIpc) is 2.36. The Bertz CT molecular complexity index is 640. The van der Waals surface area contributed by atoms with E-state index in [1.54, 1.807) is 0 Å². The number of aryl methyl sites for hydroxylation is 1. The maximum Gasteiger partial charge on any atom is 0.200 e. The highest BCUT2D eigenvalue weighted by Crippen LogP contribution is 2.13. The SMILES string of the molecule is CCCCc1ccc2[nH]cc(C(C)=O)c(=O)c2c1. The topological polar surface area (TPSA) is 49.9 Å². The molecule has 0 aliphatic rings. The first-order valence-corrected chi connectivity index (χ1v) is 6.28. The number of carbonyl (C=O) groups is 1. The normalized spacial score (nSPS) is 10.8. The molecule has 0 amide bonds. The number of carbonyl (C=O) groups excluding carboxylic acids is 1. The summed E-state index contributed by atoms with van der Waals surface area (Å²) >= 11 is 0. The highest BCUT2D eigenvalue weighted by molar-refractivity contribution is 5.97. The molecule has 3 heteroatoms. The van der Waals surface area contributed by atoms with E-state index in [4.69, 9.17) is 0 Å². The molecule has 0 bridgehead atoms. The van der Waals surface area contributed by atoms with Crippen molar-refractivity contribution in [3.05, 3.63) is 45.7 Å². The van der Waals surface area contributed by atoms with Gasteiger partial charge in [-0.05, 0) is 37.5 Å². The van der Waals surface area contributed by atoms with Crippen LogP contribution < -0.4 is 5.43 Å². The zero-order valence-corrected chi connectivity index (χ0v) is 10.7. The molecule has 1 N–H and O–H groups in total. The number of aromatic amines is 1. The predicted molar refractivity (Wildman–Crippen MR) is 73.2 cm³/mol. The number of Topliss-reactive ketones (excluding diaryl/α,β-unsaturated/α-hetero) is 1. The second-order valence-electron chi connectivity index (χ2n) is 4.57. The third kappa shape index (κ3) is 2.35. The lowest BCUT2D eigenvalue weighted by atomic mass is 10.0. The van der Waals surface area contributed by atoms with E-state index in [0.717, 1.165) is 30.3 Å². The second kappa shape index (κ2) is 5.17. The monoisotopic (exact) mass is 243 g/mol. The van der Waals surface area contributed by atoms with Crippen molar-refractivity contribution in [2.24, 2.45) is 0 Å². The van der Waals surface area contributed by atoms with Crippen molar-refractivity contribution in [1.29, 1.82) is 0 Å². The Labute approximate surface area is 106 Å². The van der Waals surface area contributed by atoms with Crippen LogP contribution in [0, 0.1) is 0 Å². The third-order valence-electron chi connectivity index (χ3n) is 3.14. The fraction of sp³-hybridized carbons (Fsp3) is 0.333. The van der Waals surface area contributed by atoms with Gasteiger partial charge in [0.2, 0.25) is 0 Å². The van der Waals surface area contributed by atoms with Crippen molar-refractivity contribution in [3.63, 3.8) is 0 Å². The zero-order valence-electron chi connectivity index (χ0n) is 10.7. The van der Waals surface area contributed by atoms with E-state index in [1.807, 2.05) is 18.2 Å². The molecule has 1 heterocycles. The van der Waals surface area contributed by atoms with Crippen LogP contribution in [0.15, 0.2) is 29.2 Å². The highest BCUT2D eigenvalue weighted by atomic mass is 16.1. The molecular weight excluding hydrogens is 226 g/mol. The number of fused-ring (bicyclic) bond motifs is 1. The summed E-state index contributed by atoms with van der Waals surface area (Å²) in [5, 5.41) is 0.608. The van der Waals surface area contributed by atoms with E-state index in [2.05, 4.69) is 11.9 Å². The number of ketones is 1. The smallest absolute Gasteiger partial charge is 0.200 e. The second-order valence-corrected chi connectivity index (χ2v) is 4.57. The third-order valence-corrected chi connectivity index (χ3v) is 3.14. The van der Waals surface area contributed by atoms with Crippen LogP contribution in [-0.2, 0) is 6.42 Å². The van der Waals surface area contributed by atoms with E-state index < -0.39 is 0 Å². The standard InChI is InChI=1S/C15H17NO2/c1-3-4-5-11-6-7-14-12(8-11)15(18)13(9-16-14)10(2)17/h6-9H,3-5H2,1-2H3,(H,16,18). The van der Waals surface area contributed by atoms with Gasteiger partial charge in [-0.25, -0.2) is 0 Å². The van der Waals surface area contributed by atoms with Crippen LogP contribution in [0.5, 0.6) is 0 Å². The summed E-state index contributed by atoms with van der Waals surface area (Å²) in [4.78, 5) is 26.5. The molecule has 1 aromatic heterocycles. The fourth-order valence-electron chi connectivity index (χ4n) is 2.06. The van der Waals surface area contributed by atoms with E-state index in [-0.39, 0.29) is 16.8 Å². The molecule has 2 rings (SSSR count). The molecule has 0 atom stereocenters. The summed E-state index contributed by atoms with van der Waals surface area (Å²) < 4.78 is 0. The van der Waals surface area contributed by atoms with E-state index in [0.29, 0.717) is 5.39 Å². The van der Waals surface area contributed by atoms with Gasteiger partial charge in [0.05, 0.1) is 5.56 Å². The molecule has 94 valence electrons. The van der Waals surface area contributed by atoms with Gasteiger partial charge in [-0.15, -0.1) is 0 Å². The number of benzene rings is 1. The zero-order chi connectivity index (χ0) is 13.1. The van der Waals surface area contributed by atoms with Crippen LogP contribution in [0.25, 0.3) is 10.9 Å². The number of nitrogens with one attached hydrogen (secondary N) is 1. The molecule has 0 saturated carbocycles. The first-order valence-electron chi connectivity index (χ1n) is 6.28. The summed E-state index contributed by atoms with van der Waals surface area (Å²) in [5.41, 5.74) is 1.99. The number of hydrogen-bond acceptors (Lipinski definition) is 2. The van der Waals surface area contributed by atoms with Gasteiger partial charge in [0.25, 0.3) is 0 Å². The van der Waals surface area contributed by atoms with Gasteiger partial charge < -0.3 is 4.98 Å². The van der Waals surface area contributed by atoms with E-state index in [9.17, 15) is 9.59 Å². The summed E-state index contributed by atoms with van der Waals surface area (Å²) in [5.74, 6) is -0.197. The number of pyridine rings is 1. The molecule has 2 aromatic rings. The van der Waals surface area contributed by atoms with Crippen LogP contribution in [0.2, 0.25) is 0 Å². The van der Waals surface area contributed by atoms with Gasteiger partial charge in [-0.2, -0.15) is 0 Å². The maximum absolute atomic E-state index is 12.2. The van der Waals surface area contributed by atoms with Gasteiger partial charge >= 0.3 is 0 Å². The van der Waals surface area contributed by atoms with Gasteiger partial charge in [0, 0.05) is 17.1 Å². The molecule has 0 aliphatic carbocycles. The number of hydrogen-bond donors (Lipinski definition) is 1. The van der Waals surface area contributed by atoms with Crippen molar-refractivity contribution in [2.45, 2.75) is 33.1 Å². The predicted octanol–water partition coefficient (Wildman–Crippen LogP) is 3.07. The molecule has 3 nitrogen and oxygen atoms in total. The van der Waals surface area contributed by atoms with Gasteiger partial charge in [0.15, 0.2) is 11.2 Å². The van der Waals surface area contributed by atoms with E-state index >= 15 is 0 Å². The van der Waals surface area contributed by atoms with Crippen molar-refractivity contribution < 1.29 is 4.79 Å². The number of rotatable bonds is 4. The Morgan fingerprint density at radius 1 is 1.33 bits per heavy atom.